The molecule has 2 aromatic heterocycles. The molecule has 1 aliphatic heterocycles. The van der Waals surface area contributed by atoms with E-state index < -0.39 is 0 Å². The van der Waals surface area contributed by atoms with Crippen LogP contribution in [0.25, 0.3) is 5.65 Å². The number of likely N-dealkylation sites (tertiary alicyclic amines) is 1. The van der Waals surface area contributed by atoms with Crippen molar-refractivity contribution in [2.45, 2.75) is 39.2 Å². The number of rotatable bonds is 6. The van der Waals surface area contributed by atoms with Crippen LogP contribution in [0.2, 0.25) is 0 Å². The Hall–Kier alpha value is -2.80. The first-order valence-electron chi connectivity index (χ1n) is 10.1. The molecule has 0 amide bonds. The number of aromatic nitrogens is 3. The summed E-state index contributed by atoms with van der Waals surface area (Å²) in [4.78, 5) is 19.7. The molecule has 0 spiro atoms. The van der Waals surface area contributed by atoms with Crippen molar-refractivity contribution >= 4 is 5.65 Å². The van der Waals surface area contributed by atoms with Crippen molar-refractivity contribution in [2.75, 3.05) is 27.3 Å². The first-order chi connectivity index (χ1) is 14.0. The van der Waals surface area contributed by atoms with E-state index in [1.165, 1.54) is 5.56 Å². The SMILES string of the molecule is CCc1c(C)nc2cc(C3CCN(Cc4ccc(OC)c(OC)c4)C3)[nH]n2c1=O. The summed E-state index contributed by atoms with van der Waals surface area (Å²) in [5.74, 6) is 1.86. The van der Waals surface area contributed by atoms with Gasteiger partial charge in [-0.05, 0) is 44.0 Å². The van der Waals surface area contributed by atoms with E-state index in [0.29, 0.717) is 18.0 Å². The lowest BCUT2D eigenvalue weighted by Crippen LogP contribution is -2.22. The number of fused-ring (bicyclic) bond motifs is 1. The summed E-state index contributed by atoms with van der Waals surface area (Å²) in [5, 5.41) is 3.30. The molecule has 29 heavy (non-hydrogen) atoms. The van der Waals surface area contributed by atoms with E-state index in [1.54, 1.807) is 18.7 Å². The molecule has 1 aliphatic rings. The Morgan fingerprint density at radius 3 is 2.72 bits per heavy atom. The fraction of sp³-hybridized carbons (Fsp3) is 0.455. The molecule has 1 N–H and O–H groups in total. The van der Waals surface area contributed by atoms with Crippen LogP contribution in [-0.4, -0.2) is 46.8 Å². The Morgan fingerprint density at radius 1 is 1.21 bits per heavy atom. The summed E-state index contributed by atoms with van der Waals surface area (Å²) in [5.41, 5.74) is 4.60. The van der Waals surface area contributed by atoms with Crippen molar-refractivity contribution < 1.29 is 9.47 Å². The molecule has 0 bridgehead atoms. The molecule has 3 aromatic rings. The lowest BCUT2D eigenvalue weighted by molar-refractivity contribution is 0.323. The number of methoxy groups -OCH3 is 2. The standard InChI is InChI=1S/C22H28N4O3/c1-5-17-14(2)23-21-11-18(24-26(21)22(17)27)16-8-9-25(13-16)12-15-6-7-19(28-3)20(10-15)29-4/h6-7,10-11,16,24H,5,8-9,12-13H2,1-4H3. The van der Waals surface area contributed by atoms with Gasteiger partial charge in [-0.3, -0.25) is 14.8 Å². The van der Waals surface area contributed by atoms with Crippen molar-refractivity contribution in [3.05, 3.63) is 57.1 Å². The van der Waals surface area contributed by atoms with Crippen molar-refractivity contribution in [1.82, 2.24) is 19.5 Å². The molecule has 4 rings (SSSR count). The molecule has 1 atom stereocenters. The Balaban J connectivity index is 1.51. The van der Waals surface area contributed by atoms with Crippen LogP contribution in [0.15, 0.2) is 29.1 Å². The monoisotopic (exact) mass is 396 g/mol. The predicted octanol–water partition coefficient (Wildman–Crippen LogP) is 2.90. The highest BCUT2D eigenvalue weighted by Crippen LogP contribution is 2.31. The van der Waals surface area contributed by atoms with Gasteiger partial charge in [-0.25, -0.2) is 9.50 Å². The van der Waals surface area contributed by atoms with Gasteiger partial charge in [0.25, 0.3) is 5.56 Å². The van der Waals surface area contributed by atoms with Gasteiger partial charge in [0.1, 0.15) is 0 Å². The van der Waals surface area contributed by atoms with Crippen LogP contribution in [0.3, 0.4) is 0 Å². The highest BCUT2D eigenvalue weighted by molar-refractivity contribution is 5.44. The summed E-state index contributed by atoms with van der Waals surface area (Å²) >= 11 is 0. The number of H-pyrrole nitrogens is 1. The van der Waals surface area contributed by atoms with Crippen LogP contribution in [0.1, 0.15) is 41.8 Å². The molecular formula is C22H28N4O3. The summed E-state index contributed by atoms with van der Waals surface area (Å²) in [7, 11) is 3.30. The molecule has 0 saturated carbocycles. The molecular weight excluding hydrogens is 368 g/mol. The van der Waals surface area contributed by atoms with E-state index in [1.807, 2.05) is 32.0 Å². The minimum absolute atomic E-state index is 0.0152. The van der Waals surface area contributed by atoms with Gasteiger partial charge in [-0.2, -0.15) is 0 Å². The zero-order valence-electron chi connectivity index (χ0n) is 17.5. The van der Waals surface area contributed by atoms with Crippen molar-refractivity contribution in [3.63, 3.8) is 0 Å². The van der Waals surface area contributed by atoms with E-state index >= 15 is 0 Å². The fourth-order valence-electron chi connectivity index (χ4n) is 4.27. The number of nitrogens with one attached hydrogen (secondary N) is 1. The molecule has 1 aromatic carbocycles. The first-order valence-corrected chi connectivity index (χ1v) is 10.1. The molecule has 7 nitrogen and oxygen atoms in total. The van der Waals surface area contributed by atoms with E-state index in [4.69, 9.17) is 9.47 Å². The number of hydrogen-bond donors (Lipinski definition) is 1. The van der Waals surface area contributed by atoms with Crippen LogP contribution in [0, 0.1) is 6.92 Å². The van der Waals surface area contributed by atoms with Gasteiger partial charge in [-0.1, -0.05) is 13.0 Å². The highest BCUT2D eigenvalue weighted by atomic mass is 16.5. The van der Waals surface area contributed by atoms with Gasteiger partial charge in [0.2, 0.25) is 0 Å². The van der Waals surface area contributed by atoms with E-state index in [-0.39, 0.29) is 5.56 Å². The van der Waals surface area contributed by atoms with Crippen molar-refractivity contribution in [3.8, 4) is 11.5 Å². The number of ether oxygens (including phenoxy) is 2. The molecule has 0 aliphatic carbocycles. The van der Waals surface area contributed by atoms with Gasteiger partial charge in [-0.15, -0.1) is 0 Å². The quantitative estimate of drug-likeness (QED) is 0.694. The zero-order valence-corrected chi connectivity index (χ0v) is 17.5. The highest BCUT2D eigenvalue weighted by Gasteiger charge is 2.26. The number of benzene rings is 1. The first kappa shape index (κ1) is 19.5. The third-order valence-corrected chi connectivity index (χ3v) is 5.85. The molecule has 1 unspecified atom stereocenters. The van der Waals surface area contributed by atoms with E-state index in [2.05, 4.69) is 21.0 Å². The van der Waals surface area contributed by atoms with Crippen LogP contribution < -0.4 is 15.0 Å². The van der Waals surface area contributed by atoms with Gasteiger partial charge in [0.15, 0.2) is 17.1 Å². The van der Waals surface area contributed by atoms with Crippen LogP contribution >= 0.6 is 0 Å². The maximum atomic E-state index is 12.7. The lowest BCUT2D eigenvalue weighted by atomic mass is 10.1. The Morgan fingerprint density at radius 2 is 2.00 bits per heavy atom. The fourth-order valence-corrected chi connectivity index (χ4v) is 4.27. The van der Waals surface area contributed by atoms with Crippen molar-refractivity contribution in [2.24, 2.45) is 0 Å². The minimum Gasteiger partial charge on any atom is -0.493 e. The average molecular weight is 396 g/mol. The lowest BCUT2D eigenvalue weighted by Gasteiger charge is -2.17. The summed E-state index contributed by atoms with van der Waals surface area (Å²) < 4.78 is 12.3. The molecule has 1 fully saturated rings. The van der Waals surface area contributed by atoms with E-state index in [9.17, 15) is 4.79 Å². The minimum atomic E-state index is 0.0152. The molecule has 154 valence electrons. The zero-order chi connectivity index (χ0) is 20.5. The third kappa shape index (κ3) is 3.62. The Labute approximate surface area is 170 Å². The topological polar surface area (TPSA) is 71.9 Å². The third-order valence-electron chi connectivity index (χ3n) is 5.85. The van der Waals surface area contributed by atoms with Crippen molar-refractivity contribution in [1.29, 1.82) is 0 Å². The Bertz CT molecular complexity index is 1090. The number of hydrogen-bond acceptors (Lipinski definition) is 5. The maximum Gasteiger partial charge on any atom is 0.276 e. The average Bonchev–Trinajstić information content (AvgIpc) is 3.35. The number of nitrogens with zero attached hydrogens (tertiary/aromatic N) is 3. The molecule has 1 saturated heterocycles. The van der Waals surface area contributed by atoms with Crippen LogP contribution in [0.4, 0.5) is 0 Å². The predicted molar refractivity (Wildman–Crippen MR) is 112 cm³/mol. The molecule has 3 heterocycles. The molecule has 0 radical (unpaired) electrons. The Kier molecular flexibility index (Phi) is 5.32. The normalized spacial score (nSPS) is 17.2. The summed E-state index contributed by atoms with van der Waals surface area (Å²) in [6.07, 6.45) is 1.74. The summed E-state index contributed by atoms with van der Waals surface area (Å²) in [6, 6.07) is 8.09. The number of aromatic amines is 1. The molecule has 7 heteroatoms. The van der Waals surface area contributed by atoms with Gasteiger partial charge < -0.3 is 9.47 Å². The van der Waals surface area contributed by atoms with Gasteiger partial charge >= 0.3 is 0 Å². The maximum absolute atomic E-state index is 12.7. The second-order valence-corrected chi connectivity index (χ2v) is 7.65. The van der Waals surface area contributed by atoms with Crippen LogP contribution in [0.5, 0.6) is 11.5 Å². The van der Waals surface area contributed by atoms with E-state index in [0.717, 1.165) is 54.5 Å². The number of aryl methyl sites for hydroxylation is 1. The second kappa shape index (κ2) is 7.91. The summed E-state index contributed by atoms with van der Waals surface area (Å²) in [6.45, 7) is 6.71. The van der Waals surface area contributed by atoms with Crippen LogP contribution in [-0.2, 0) is 13.0 Å². The van der Waals surface area contributed by atoms with Gasteiger partial charge in [0, 0.05) is 42.0 Å². The largest absolute Gasteiger partial charge is 0.493 e. The van der Waals surface area contributed by atoms with Gasteiger partial charge in [0.05, 0.1) is 14.2 Å². The smallest absolute Gasteiger partial charge is 0.276 e. The second-order valence-electron chi connectivity index (χ2n) is 7.65.